The van der Waals surface area contributed by atoms with Gasteiger partial charge in [0.1, 0.15) is 0 Å². The topological polar surface area (TPSA) is 9.23 Å². The van der Waals surface area contributed by atoms with Crippen LogP contribution in [0, 0.1) is 5.41 Å². The highest BCUT2D eigenvalue weighted by Gasteiger charge is 2.37. The van der Waals surface area contributed by atoms with Gasteiger partial charge in [-0.05, 0) is 24.7 Å². The zero-order valence-corrected chi connectivity index (χ0v) is 5.86. The summed E-state index contributed by atoms with van der Waals surface area (Å²) in [7, 11) is 0. The summed E-state index contributed by atoms with van der Waals surface area (Å²) < 4.78 is 5.38. The van der Waals surface area contributed by atoms with Crippen LogP contribution in [-0.2, 0) is 4.74 Å². The average molecular weight is 126 g/mol. The van der Waals surface area contributed by atoms with Gasteiger partial charge in [-0.15, -0.1) is 0 Å². The van der Waals surface area contributed by atoms with Crippen LogP contribution in [0.25, 0.3) is 0 Å². The molecule has 0 N–H and O–H groups in total. The Labute approximate surface area is 56.4 Å². The third kappa shape index (κ3) is 0.877. The van der Waals surface area contributed by atoms with E-state index in [2.05, 4.69) is 0 Å². The maximum Gasteiger partial charge on any atom is 0.0523 e. The van der Waals surface area contributed by atoms with Crippen molar-refractivity contribution in [2.75, 3.05) is 13.2 Å². The first-order valence-corrected chi connectivity index (χ1v) is 3.99. The van der Waals surface area contributed by atoms with Crippen molar-refractivity contribution in [1.29, 1.82) is 0 Å². The third-order valence-electron chi connectivity index (χ3n) is 2.85. The normalized spacial score (nSPS) is 32.0. The second kappa shape index (κ2) is 1.98. The molecule has 1 heterocycles. The van der Waals surface area contributed by atoms with E-state index in [1.807, 2.05) is 0 Å². The molecule has 1 aliphatic carbocycles. The Hall–Kier alpha value is -0.0400. The number of rotatable bonds is 0. The predicted molar refractivity (Wildman–Crippen MR) is 36.3 cm³/mol. The van der Waals surface area contributed by atoms with Crippen LogP contribution in [0.2, 0.25) is 0 Å². The van der Waals surface area contributed by atoms with E-state index < -0.39 is 0 Å². The summed E-state index contributed by atoms with van der Waals surface area (Å²) in [6.07, 6.45) is 7.11. The molecule has 1 nitrogen and oxygen atoms in total. The molecule has 2 aliphatic rings. The highest BCUT2D eigenvalue weighted by Crippen LogP contribution is 2.44. The highest BCUT2D eigenvalue weighted by atomic mass is 16.5. The van der Waals surface area contributed by atoms with Gasteiger partial charge in [-0.3, -0.25) is 0 Å². The second-order valence-corrected chi connectivity index (χ2v) is 3.51. The summed E-state index contributed by atoms with van der Waals surface area (Å²) in [6, 6.07) is 0. The summed E-state index contributed by atoms with van der Waals surface area (Å²) >= 11 is 0. The molecule has 0 aromatic rings. The van der Waals surface area contributed by atoms with Crippen molar-refractivity contribution in [3.63, 3.8) is 0 Å². The van der Waals surface area contributed by atoms with Gasteiger partial charge in [0, 0.05) is 6.61 Å². The molecule has 1 aliphatic heterocycles. The SMILES string of the molecule is C1CCC2(C1)CCOC2. The Morgan fingerprint density at radius 3 is 2.33 bits per heavy atom. The van der Waals surface area contributed by atoms with E-state index in [1.165, 1.54) is 32.1 Å². The van der Waals surface area contributed by atoms with Crippen molar-refractivity contribution in [2.24, 2.45) is 5.41 Å². The zero-order valence-electron chi connectivity index (χ0n) is 5.86. The largest absolute Gasteiger partial charge is 0.381 e. The molecule has 0 amide bonds. The Morgan fingerprint density at radius 2 is 1.78 bits per heavy atom. The molecule has 0 aromatic carbocycles. The van der Waals surface area contributed by atoms with Gasteiger partial charge in [0.2, 0.25) is 0 Å². The maximum absolute atomic E-state index is 5.38. The van der Waals surface area contributed by atoms with Gasteiger partial charge in [-0.1, -0.05) is 12.8 Å². The van der Waals surface area contributed by atoms with Crippen LogP contribution in [0.15, 0.2) is 0 Å². The Kier molecular flexibility index (Phi) is 1.26. The maximum atomic E-state index is 5.38. The van der Waals surface area contributed by atoms with Crippen molar-refractivity contribution in [3.05, 3.63) is 0 Å². The monoisotopic (exact) mass is 126 g/mol. The van der Waals surface area contributed by atoms with Gasteiger partial charge in [-0.25, -0.2) is 0 Å². The Balaban J connectivity index is 2.04. The molecule has 1 saturated heterocycles. The molecule has 2 fully saturated rings. The van der Waals surface area contributed by atoms with Gasteiger partial charge >= 0.3 is 0 Å². The molecule has 1 heteroatoms. The van der Waals surface area contributed by atoms with Crippen LogP contribution in [0.4, 0.5) is 0 Å². The smallest absolute Gasteiger partial charge is 0.0523 e. The van der Waals surface area contributed by atoms with E-state index in [-0.39, 0.29) is 0 Å². The zero-order chi connectivity index (χ0) is 6.16. The predicted octanol–water partition coefficient (Wildman–Crippen LogP) is 1.97. The summed E-state index contributed by atoms with van der Waals surface area (Å²) in [6.45, 7) is 2.09. The lowest BCUT2D eigenvalue weighted by molar-refractivity contribution is 0.154. The standard InChI is InChI=1S/C8H14O/c1-2-4-8(3-1)5-6-9-7-8/h1-7H2. The van der Waals surface area contributed by atoms with Crippen LogP contribution in [0.3, 0.4) is 0 Å². The van der Waals surface area contributed by atoms with Gasteiger partial charge in [0.15, 0.2) is 0 Å². The van der Waals surface area contributed by atoms with Crippen LogP contribution in [0.1, 0.15) is 32.1 Å². The Bertz CT molecular complexity index is 79.6. The van der Waals surface area contributed by atoms with Gasteiger partial charge in [0.25, 0.3) is 0 Å². The van der Waals surface area contributed by atoms with Crippen LogP contribution in [0.5, 0.6) is 0 Å². The van der Waals surface area contributed by atoms with Gasteiger partial charge in [-0.2, -0.15) is 0 Å². The van der Waals surface area contributed by atoms with E-state index in [4.69, 9.17) is 4.74 Å². The van der Waals surface area contributed by atoms with Crippen molar-refractivity contribution in [3.8, 4) is 0 Å². The first-order chi connectivity index (χ1) is 4.41. The molecule has 2 rings (SSSR count). The Morgan fingerprint density at radius 1 is 1.00 bits per heavy atom. The molecule has 0 unspecified atom stereocenters. The summed E-state index contributed by atoms with van der Waals surface area (Å²) in [5, 5.41) is 0. The van der Waals surface area contributed by atoms with Crippen molar-refractivity contribution < 1.29 is 4.74 Å². The first kappa shape index (κ1) is 5.72. The first-order valence-electron chi connectivity index (χ1n) is 3.99. The lowest BCUT2D eigenvalue weighted by atomic mass is 9.86. The lowest BCUT2D eigenvalue weighted by Gasteiger charge is -2.18. The molecule has 0 bridgehead atoms. The molecule has 1 spiro atoms. The summed E-state index contributed by atoms with van der Waals surface area (Å²) in [4.78, 5) is 0. The van der Waals surface area contributed by atoms with Crippen LogP contribution >= 0.6 is 0 Å². The second-order valence-electron chi connectivity index (χ2n) is 3.51. The fourth-order valence-corrected chi connectivity index (χ4v) is 2.17. The fourth-order valence-electron chi connectivity index (χ4n) is 2.17. The van der Waals surface area contributed by atoms with E-state index >= 15 is 0 Å². The number of ether oxygens (including phenoxy) is 1. The molecular formula is C8H14O. The summed E-state index contributed by atoms with van der Waals surface area (Å²) in [5.74, 6) is 0. The minimum Gasteiger partial charge on any atom is -0.381 e. The van der Waals surface area contributed by atoms with Gasteiger partial charge in [0.05, 0.1) is 6.61 Å². The average Bonchev–Trinajstić information content (AvgIpc) is 2.45. The lowest BCUT2D eigenvalue weighted by Crippen LogP contribution is -2.14. The molecule has 0 aromatic heterocycles. The molecule has 0 atom stereocenters. The van der Waals surface area contributed by atoms with Crippen molar-refractivity contribution in [2.45, 2.75) is 32.1 Å². The van der Waals surface area contributed by atoms with Crippen LogP contribution in [-0.4, -0.2) is 13.2 Å². The quantitative estimate of drug-likeness (QED) is 0.482. The number of hydrogen-bond donors (Lipinski definition) is 0. The van der Waals surface area contributed by atoms with Gasteiger partial charge < -0.3 is 4.74 Å². The molecule has 1 saturated carbocycles. The molecule has 52 valence electrons. The number of hydrogen-bond acceptors (Lipinski definition) is 1. The van der Waals surface area contributed by atoms with E-state index in [9.17, 15) is 0 Å². The van der Waals surface area contributed by atoms with Crippen molar-refractivity contribution >= 4 is 0 Å². The molecular weight excluding hydrogens is 112 g/mol. The molecule has 0 radical (unpaired) electrons. The summed E-state index contributed by atoms with van der Waals surface area (Å²) in [5.41, 5.74) is 0.667. The molecule has 9 heavy (non-hydrogen) atoms. The van der Waals surface area contributed by atoms with E-state index in [0.29, 0.717) is 5.41 Å². The minimum absolute atomic E-state index is 0.667. The third-order valence-corrected chi connectivity index (χ3v) is 2.85. The fraction of sp³-hybridized carbons (Fsp3) is 1.00. The van der Waals surface area contributed by atoms with E-state index in [1.54, 1.807) is 0 Å². The van der Waals surface area contributed by atoms with Crippen molar-refractivity contribution in [1.82, 2.24) is 0 Å². The van der Waals surface area contributed by atoms with E-state index in [0.717, 1.165) is 13.2 Å². The minimum atomic E-state index is 0.667. The van der Waals surface area contributed by atoms with Crippen LogP contribution < -0.4 is 0 Å². The highest BCUT2D eigenvalue weighted by molar-refractivity contribution is 4.87.